The number of hydrogen-bond donors (Lipinski definition) is 0. The Hall–Kier alpha value is -2.60. The number of carbonyl (C=O) groups is 1. The largest absolute Gasteiger partial charge is 0.422 e. The lowest BCUT2D eigenvalue weighted by Crippen LogP contribution is -2.49. The van der Waals surface area contributed by atoms with Crippen LogP contribution in [0.4, 0.5) is 0 Å². The van der Waals surface area contributed by atoms with Crippen LogP contribution in [-0.2, 0) is 6.54 Å². The summed E-state index contributed by atoms with van der Waals surface area (Å²) in [5, 5.41) is 1.34. The Morgan fingerprint density at radius 1 is 1.07 bits per heavy atom. The Labute approximate surface area is 158 Å². The summed E-state index contributed by atoms with van der Waals surface area (Å²) in [7, 11) is 0. The molecule has 1 amide bonds. The molecule has 1 fully saturated rings. The standard InChI is InChI=1S/C21H25N3O3/c1-3-9-22-10-12-23(13-11-22)20(25)17-14-16-19(24(17)4-2)15-7-5-6-8-18(15)27-21(16)26/h5-8,14H,3-4,9-13H2,1-2H3. The van der Waals surface area contributed by atoms with Gasteiger partial charge in [0.05, 0.1) is 10.9 Å². The van der Waals surface area contributed by atoms with Gasteiger partial charge in [-0.2, -0.15) is 0 Å². The van der Waals surface area contributed by atoms with E-state index in [1.807, 2.05) is 34.6 Å². The van der Waals surface area contributed by atoms with Gasteiger partial charge in [0, 0.05) is 38.1 Å². The van der Waals surface area contributed by atoms with Crippen molar-refractivity contribution in [1.82, 2.24) is 14.4 Å². The van der Waals surface area contributed by atoms with Crippen LogP contribution in [0.15, 0.2) is 39.5 Å². The fourth-order valence-corrected chi connectivity index (χ4v) is 4.06. The Balaban J connectivity index is 1.76. The monoisotopic (exact) mass is 367 g/mol. The second-order valence-corrected chi connectivity index (χ2v) is 7.06. The Kier molecular flexibility index (Phi) is 4.74. The van der Waals surface area contributed by atoms with Crippen LogP contribution in [0.2, 0.25) is 0 Å². The van der Waals surface area contributed by atoms with Gasteiger partial charge in [-0.05, 0) is 38.1 Å². The van der Waals surface area contributed by atoms with Gasteiger partial charge in [0.2, 0.25) is 0 Å². The molecule has 0 bridgehead atoms. The molecular weight excluding hydrogens is 342 g/mol. The summed E-state index contributed by atoms with van der Waals surface area (Å²) in [6.45, 7) is 9.11. The quantitative estimate of drug-likeness (QED) is 0.665. The molecule has 2 aromatic heterocycles. The first-order chi connectivity index (χ1) is 13.1. The number of carbonyl (C=O) groups excluding carboxylic acids is 1. The van der Waals surface area contributed by atoms with Crippen molar-refractivity contribution in [2.45, 2.75) is 26.8 Å². The van der Waals surface area contributed by atoms with Crippen molar-refractivity contribution in [3.05, 3.63) is 46.4 Å². The van der Waals surface area contributed by atoms with Crippen molar-refractivity contribution >= 4 is 27.8 Å². The van der Waals surface area contributed by atoms with Crippen LogP contribution >= 0.6 is 0 Å². The smallest absolute Gasteiger partial charge is 0.345 e. The third-order valence-electron chi connectivity index (χ3n) is 5.40. The van der Waals surface area contributed by atoms with E-state index in [9.17, 15) is 9.59 Å². The van der Waals surface area contributed by atoms with Crippen LogP contribution in [0.5, 0.6) is 0 Å². The van der Waals surface area contributed by atoms with E-state index in [2.05, 4.69) is 11.8 Å². The maximum atomic E-state index is 13.2. The van der Waals surface area contributed by atoms with Gasteiger partial charge in [0.1, 0.15) is 11.3 Å². The summed E-state index contributed by atoms with van der Waals surface area (Å²) in [5.74, 6) is -0.00678. The summed E-state index contributed by atoms with van der Waals surface area (Å²) in [6, 6.07) is 9.20. The highest BCUT2D eigenvalue weighted by Gasteiger charge is 2.26. The molecule has 142 valence electrons. The van der Waals surface area contributed by atoms with E-state index in [0.717, 1.165) is 50.0 Å². The number of piperazine rings is 1. The molecule has 1 aliphatic heterocycles. The molecule has 1 aliphatic rings. The lowest BCUT2D eigenvalue weighted by molar-refractivity contribution is 0.0627. The van der Waals surface area contributed by atoms with E-state index in [1.54, 1.807) is 12.1 Å². The molecule has 1 aromatic carbocycles. The second kappa shape index (κ2) is 7.19. The summed E-state index contributed by atoms with van der Waals surface area (Å²) in [5.41, 5.74) is 1.52. The van der Waals surface area contributed by atoms with Crippen LogP contribution in [0.25, 0.3) is 21.9 Å². The minimum Gasteiger partial charge on any atom is -0.422 e. The Morgan fingerprint density at radius 2 is 1.81 bits per heavy atom. The van der Waals surface area contributed by atoms with Crippen LogP contribution in [0.3, 0.4) is 0 Å². The van der Waals surface area contributed by atoms with Crippen LogP contribution in [-0.4, -0.2) is 53.0 Å². The first-order valence-corrected chi connectivity index (χ1v) is 9.70. The van der Waals surface area contributed by atoms with Gasteiger partial charge in [0.15, 0.2) is 0 Å². The topological polar surface area (TPSA) is 58.7 Å². The lowest BCUT2D eigenvalue weighted by atomic mass is 10.2. The van der Waals surface area contributed by atoms with Gasteiger partial charge in [0.25, 0.3) is 5.91 Å². The highest BCUT2D eigenvalue weighted by Crippen LogP contribution is 2.27. The van der Waals surface area contributed by atoms with Crippen molar-refractivity contribution in [3.8, 4) is 0 Å². The molecule has 0 saturated carbocycles. The van der Waals surface area contributed by atoms with Gasteiger partial charge in [-0.15, -0.1) is 0 Å². The maximum Gasteiger partial charge on any atom is 0.345 e. The number of aryl methyl sites for hydroxylation is 1. The third-order valence-corrected chi connectivity index (χ3v) is 5.40. The summed E-state index contributed by atoms with van der Waals surface area (Å²) in [4.78, 5) is 30.0. The third kappa shape index (κ3) is 3.04. The molecule has 0 radical (unpaired) electrons. The zero-order valence-electron chi connectivity index (χ0n) is 15.9. The number of amides is 1. The lowest BCUT2D eigenvalue weighted by Gasteiger charge is -2.34. The van der Waals surface area contributed by atoms with Crippen molar-refractivity contribution in [2.75, 3.05) is 32.7 Å². The molecule has 0 spiro atoms. The van der Waals surface area contributed by atoms with E-state index in [-0.39, 0.29) is 5.91 Å². The van der Waals surface area contributed by atoms with Crippen molar-refractivity contribution in [1.29, 1.82) is 0 Å². The normalized spacial score (nSPS) is 15.7. The van der Waals surface area contributed by atoms with E-state index >= 15 is 0 Å². The second-order valence-electron chi connectivity index (χ2n) is 7.06. The van der Waals surface area contributed by atoms with Gasteiger partial charge in [-0.1, -0.05) is 19.1 Å². The maximum absolute atomic E-state index is 13.2. The van der Waals surface area contributed by atoms with Gasteiger partial charge < -0.3 is 13.9 Å². The number of benzene rings is 1. The molecule has 0 atom stereocenters. The molecule has 6 heteroatoms. The minimum atomic E-state index is -0.391. The number of para-hydroxylation sites is 1. The minimum absolute atomic E-state index is 0.00678. The Bertz CT molecular complexity index is 1040. The molecule has 0 N–H and O–H groups in total. The molecule has 0 aliphatic carbocycles. The molecule has 1 saturated heterocycles. The van der Waals surface area contributed by atoms with E-state index in [0.29, 0.717) is 23.2 Å². The molecule has 4 rings (SSSR count). The predicted octanol–water partition coefficient (Wildman–Crippen LogP) is 2.94. The summed E-state index contributed by atoms with van der Waals surface area (Å²) >= 11 is 0. The van der Waals surface area contributed by atoms with Gasteiger partial charge in [-0.3, -0.25) is 9.69 Å². The fourth-order valence-electron chi connectivity index (χ4n) is 4.06. The Morgan fingerprint density at radius 3 is 2.52 bits per heavy atom. The average Bonchev–Trinajstić information content (AvgIpc) is 3.09. The molecule has 3 heterocycles. The number of hydrogen-bond acceptors (Lipinski definition) is 4. The van der Waals surface area contributed by atoms with E-state index in [4.69, 9.17) is 4.42 Å². The number of fused-ring (bicyclic) bond motifs is 3. The predicted molar refractivity (Wildman–Crippen MR) is 106 cm³/mol. The van der Waals surface area contributed by atoms with Gasteiger partial charge >= 0.3 is 5.63 Å². The zero-order valence-corrected chi connectivity index (χ0v) is 15.9. The first-order valence-electron chi connectivity index (χ1n) is 9.70. The average molecular weight is 367 g/mol. The number of nitrogens with zero attached hydrogens (tertiary/aromatic N) is 3. The highest BCUT2D eigenvalue weighted by molar-refractivity contribution is 6.07. The van der Waals surface area contributed by atoms with Crippen LogP contribution in [0.1, 0.15) is 30.8 Å². The van der Waals surface area contributed by atoms with E-state index in [1.165, 1.54) is 0 Å². The van der Waals surface area contributed by atoms with Crippen LogP contribution in [0, 0.1) is 0 Å². The summed E-state index contributed by atoms with van der Waals surface area (Å²) < 4.78 is 7.41. The molecule has 27 heavy (non-hydrogen) atoms. The van der Waals surface area contributed by atoms with Gasteiger partial charge in [-0.25, -0.2) is 4.79 Å². The van der Waals surface area contributed by atoms with E-state index < -0.39 is 5.63 Å². The SMILES string of the molecule is CCCN1CCN(C(=O)c2cc3c(=O)oc4ccccc4c3n2CC)CC1. The zero-order chi connectivity index (χ0) is 19.0. The first kappa shape index (κ1) is 17.8. The van der Waals surface area contributed by atoms with Crippen LogP contribution < -0.4 is 5.63 Å². The molecule has 3 aromatic rings. The molecule has 6 nitrogen and oxygen atoms in total. The number of aromatic nitrogens is 1. The van der Waals surface area contributed by atoms with Crippen molar-refractivity contribution in [3.63, 3.8) is 0 Å². The number of rotatable bonds is 4. The molecular formula is C21H25N3O3. The van der Waals surface area contributed by atoms with Crippen molar-refractivity contribution in [2.24, 2.45) is 0 Å². The van der Waals surface area contributed by atoms with Crippen molar-refractivity contribution < 1.29 is 9.21 Å². The highest BCUT2D eigenvalue weighted by atomic mass is 16.4. The molecule has 0 unspecified atom stereocenters. The fraction of sp³-hybridized carbons (Fsp3) is 0.429. The summed E-state index contributed by atoms with van der Waals surface area (Å²) in [6.07, 6.45) is 1.13.